The molecule has 2 aromatic carbocycles. The summed E-state index contributed by atoms with van der Waals surface area (Å²) in [6.07, 6.45) is 2.41. The number of hydrogen-bond acceptors (Lipinski definition) is 3. The Bertz CT molecular complexity index is 829. The number of nitro groups is 1. The maximum absolute atomic E-state index is 14.0. The summed E-state index contributed by atoms with van der Waals surface area (Å²) in [5.74, 6) is -0.126. The van der Waals surface area contributed by atoms with Crippen LogP contribution in [0.2, 0.25) is 0 Å². The fourth-order valence-electron chi connectivity index (χ4n) is 4.79. The molecule has 2 aliphatic heterocycles. The van der Waals surface area contributed by atoms with E-state index in [1.807, 2.05) is 24.3 Å². The topological polar surface area (TPSA) is 55.3 Å². The maximum Gasteiger partial charge on any atom is 0.269 e. The molecule has 4 rings (SSSR count). The van der Waals surface area contributed by atoms with Crippen LogP contribution in [0.3, 0.4) is 0 Å². The van der Waals surface area contributed by atoms with Gasteiger partial charge in [0, 0.05) is 30.5 Å². The van der Waals surface area contributed by atoms with Crippen LogP contribution in [0.25, 0.3) is 0 Å². The van der Waals surface area contributed by atoms with Crippen LogP contribution in [-0.2, 0) is 6.54 Å². The van der Waals surface area contributed by atoms with Gasteiger partial charge in [0.1, 0.15) is 12.4 Å². The van der Waals surface area contributed by atoms with E-state index in [2.05, 4.69) is 4.90 Å². The lowest BCUT2D eigenvalue weighted by Crippen LogP contribution is -3.21. The normalized spacial score (nSPS) is 23.1. The zero-order valence-corrected chi connectivity index (χ0v) is 16.6. The first-order chi connectivity index (χ1) is 14.1. The van der Waals surface area contributed by atoms with Gasteiger partial charge in [-0.15, -0.1) is 0 Å². The number of rotatable bonds is 5. The van der Waals surface area contributed by atoms with Gasteiger partial charge in [0.25, 0.3) is 5.69 Å². The minimum Gasteiger partial charge on any atom is -0.358 e. The Morgan fingerprint density at radius 1 is 1.00 bits per heavy atom. The number of nitro benzene ring substituents is 1. The van der Waals surface area contributed by atoms with Gasteiger partial charge in [0.05, 0.1) is 55.9 Å². The predicted molar refractivity (Wildman–Crippen MR) is 110 cm³/mol. The average Bonchev–Trinajstić information content (AvgIpc) is 2.75. The van der Waals surface area contributed by atoms with Gasteiger partial charge >= 0.3 is 0 Å². The Hall–Kier alpha value is -2.51. The number of para-hydroxylation sites is 1. The molecule has 0 bridgehead atoms. The molecule has 0 aromatic heterocycles. The van der Waals surface area contributed by atoms with E-state index in [-0.39, 0.29) is 16.4 Å². The summed E-state index contributed by atoms with van der Waals surface area (Å²) in [5.41, 5.74) is 2.05. The molecule has 2 fully saturated rings. The molecule has 2 aromatic rings. The van der Waals surface area contributed by atoms with Crippen molar-refractivity contribution < 1.29 is 19.1 Å². The van der Waals surface area contributed by atoms with Crippen LogP contribution < -0.4 is 14.7 Å². The van der Waals surface area contributed by atoms with Crippen molar-refractivity contribution in [2.75, 3.05) is 44.2 Å². The summed E-state index contributed by atoms with van der Waals surface area (Å²) in [5, 5.41) is 10.8. The van der Waals surface area contributed by atoms with Crippen LogP contribution in [0.5, 0.6) is 0 Å². The number of hydrogen-bond donors (Lipinski definition) is 2. The molecule has 0 unspecified atom stereocenters. The lowest BCUT2D eigenvalue weighted by Gasteiger charge is -2.40. The second-order valence-corrected chi connectivity index (χ2v) is 8.22. The fraction of sp³-hybridized carbons (Fsp3) is 0.455. The lowest BCUT2D eigenvalue weighted by molar-refractivity contribution is -0.963. The van der Waals surface area contributed by atoms with Crippen molar-refractivity contribution in [3.8, 4) is 0 Å². The molecule has 7 heteroatoms. The standard InChI is InChI=1S/C22H27FN4O2/c23-21-3-1-2-4-22(21)26-15-13-25(14-16-26)19-9-11-24(12-10-19)17-18-5-7-20(8-6-18)27(28)29/h1-8,19H,9-17H2/p+2. The molecule has 29 heavy (non-hydrogen) atoms. The second-order valence-electron chi connectivity index (χ2n) is 8.22. The molecule has 0 spiro atoms. The summed E-state index contributed by atoms with van der Waals surface area (Å²) in [6.45, 7) is 7.16. The van der Waals surface area contributed by atoms with Crippen molar-refractivity contribution in [1.29, 1.82) is 0 Å². The maximum atomic E-state index is 14.0. The van der Waals surface area contributed by atoms with Gasteiger partial charge < -0.3 is 14.7 Å². The third kappa shape index (κ3) is 4.74. The monoisotopic (exact) mass is 400 g/mol. The zero-order valence-electron chi connectivity index (χ0n) is 16.6. The fourth-order valence-corrected chi connectivity index (χ4v) is 4.79. The molecule has 2 aliphatic rings. The van der Waals surface area contributed by atoms with E-state index >= 15 is 0 Å². The number of halogens is 1. The minimum atomic E-state index is -0.350. The molecule has 0 atom stereocenters. The van der Waals surface area contributed by atoms with Crippen LogP contribution in [0.1, 0.15) is 18.4 Å². The lowest BCUT2D eigenvalue weighted by atomic mass is 10.0. The number of piperazine rings is 1. The first-order valence-corrected chi connectivity index (χ1v) is 10.5. The summed E-state index contributed by atoms with van der Waals surface area (Å²) >= 11 is 0. The van der Waals surface area contributed by atoms with Gasteiger partial charge in [0.2, 0.25) is 0 Å². The highest BCUT2D eigenvalue weighted by molar-refractivity contribution is 5.47. The predicted octanol–water partition coefficient (Wildman–Crippen LogP) is 0.686. The quantitative estimate of drug-likeness (QED) is 0.574. The molecule has 2 saturated heterocycles. The Morgan fingerprint density at radius 3 is 2.28 bits per heavy atom. The number of benzene rings is 2. The molecule has 2 N–H and O–H groups in total. The van der Waals surface area contributed by atoms with Gasteiger partial charge in [-0.25, -0.2) is 4.39 Å². The highest BCUT2D eigenvalue weighted by Crippen LogP contribution is 2.18. The van der Waals surface area contributed by atoms with E-state index in [1.54, 1.807) is 28.0 Å². The summed E-state index contributed by atoms with van der Waals surface area (Å²) in [7, 11) is 0. The largest absolute Gasteiger partial charge is 0.358 e. The van der Waals surface area contributed by atoms with E-state index in [0.717, 1.165) is 57.1 Å². The van der Waals surface area contributed by atoms with Crippen LogP contribution in [0.15, 0.2) is 48.5 Å². The molecule has 0 saturated carbocycles. The van der Waals surface area contributed by atoms with Crippen LogP contribution in [0, 0.1) is 15.9 Å². The van der Waals surface area contributed by atoms with E-state index in [0.29, 0.717) is 6.04 Å². The first kappa shape index (κ1) is 19.8. The molecule has 154 valence electrons. The number of anilines is 1. The van der Waals surface area contributed by atoms with E-state index in [4.69, 9.17) is 0 Å². The molecular formula is C22H29FN4O2+2. The van der Waals surface area contributed by atoms with Gasteiger partial charge in [-0.3, -0.25) is 10.1 Å². The second kappa shape index (κ2) is 8.88. The zero-order chi connectivity index (χ0) is 20.2. The van der Waals surface area contributed by atoms with Crippen molar-refractivity contribution in [3.63, 3.8) is 0 Å². The Kier molecular flexibility index (Phi) is 6.06. The van der Waals surface area contributed by atoms with Gasteiger partial charge in [-0.1, -0.05) is 12.1 Å². The van der Waals surface area contributed by atoms with Gasteiger partial charge in [0.15, 0.2) is 0 Å². The number of nitrogens with zero attached hydrogens (tertiary/aromatic N) is 2. The van der Waals surface area contributed by atoms with E-state index in [9.17, 15) is 14.5 Å². The molecule has 0 amide bonds. The third-order valence-electron chi connectivity index (χ3n) is 6.47. The van der Waals surface area contributed by atoms with Gasteiger partial charge in [-0.05, 0) is 24.3 Å². The SMILES string of the molecule is O=[N+]([O-])c1ccc(C[NH+]2CCC([NH+]3CCN(c4ccccc4F)CC3)CC2)cc1. The van der Waals surface area contributed by atoms with Crippen molar-refractivity contribution in [2.24, 2.45) is 0 Å². The van der Waals surface area contributed by atoms with E-state index < -0.39 is 0 Å². The van der Waals surface area contributed by atoms with Crippen LogP contribution in [0.4, 0.5) is 15.8 Å². The minimum absolute atomic E-state index is 0.126. The molecule has 6 nitrogen and oxygen atoms in total. The number of non-ortho nitro benzene ring substituents is 1. The van der Waals surface area contributed by atoms with Gasteiger partial charge in [-0.2, -0.15) is 0 Å². The Labute approximate surface area is 170 Å². The first-order valence-electron chi connectivity index (χ1n) is 10.5. The highest BCUT2D eigenvalue weighted by atomic mass is 19.1. The molecule has 0 aliphatic carbocycles. The number of quaternary nitrogens is 2. The number of likely N-dealkylation sites (tertiary alicyclic amines) is 1. The molecular weight excluding hydrogens is 371 g/mol. The highest BCUT2D eigenvalue weighted by Gasteiger charge is 2.32. The Morgan fingerprint density at radius 2 is 1.66 bits per heavy atom. The van der Waals surface area contributed by atoms with Crippen molar-refractivity contribution in [1.82, 2.24) is 0 Å². The molecule has 0 radical (unpaired) electrons. The molecule has 2 heterocycles. The Balaban J connectivity index is 1.24. The third-order valence-corrected chi connectivity index (χ3v) is 6.47. The summed E-state index contributed by atoms with van der Waals surface area (Å²) in [4.78, 5) is 15.8. The van der Waals surface area contributed by atoms with Crippen molar-refractivity contribution >= 4 is 11.4 Å². The number of nitrogens with one attached hydrogen (secondary N) is 2. The summed E-state index contributed by atoms with van der Waals surface area (Å²) in [6, 6.07) is 14.7. The van der Waals surface area contributed by atoms with Crippen molar-refractivity contribution in [3.05, 3.63) is 70.0 Å². The van der Waals surface area contributed by atoms with Crippen molar-refractivity contribution in [2.45, 2.75) is 25.4 Å². The van der Waals surface area contributed by atoms with E-state index in [1.165, 1.54) is 18.9 Å². The average molecular weight is 400 g/mol. The smallest absolute Gasteiger partial charge is 0.269 e. The van der Waals surface area contributed by atoms with Crippen LogP contribution in [-0.4, -0.2) is 50.2 Å². The summed E-state index contributed by atoms with van der Waals surface area (Å²) < 4.78 is 14.0. The number of piperidine rings is 1. The van der Waals surface area contributed by atoms with Crippen LogP contribution >= 0.6 is 0 Å².